The van der Waals surface area contributed by atoms with E-state index in [-0.39, 0.29) is 51.0 Å². The van der Waals surface area contributed by atoms with E-state index in [0.29, 0.717) is 32.2 Å². The number of methoxy groups -OCH3 is 1. The molecule has 2 aromatic carbocycles. The van der Waals surface area contributed by atoms with Gasteiger partial charge in [0.05, 0.1) is 20.3 Å². The van der Waals surface area contributed by atoms with Crippen LogP contribution in [0.5, 0.6) is 0 Å². The van der Waals surface area contributed by atoms with E-state index >= 15 is 0 Å². The number of esters is 1. The fourth-order valence-electron chi connectivity index (χ4n) is 5.79. The van der Waals surface area contributed by atoms with E-state index in [1.807, 2.05) is 74.5 Å². The van der Waals surface area contributed by atoms with Crippen LogP contribution in [0.4, 0.5) is 4.79 Å². The summed E-state index contributed by atoms with van der Waals surface area (Å²) in [5, 5.41) is 14.6. The van der Waals surface area contributed by atoms with Crippen LogP contribution >= 0.6 is 0 Å². The molecule has 0 saturated heterocycles. The molecular formula is C41H61N7O8. The molecule has 2 aromatic rings. The second-order valence-corrected chi connectivity index (χ2v) is 14.1. The van der Waals surface area contributed by atoms with Crippen molar-refractivity contribution in [1.82, 2.24) is 21.3 Å². The maximum Gasteiger partial charge on any atom is 0.407 e. The SMILES string of the molecule is COC(=O)[C@H](CC(C)C)NC(=O)[C@H](CCCCNC(=O)OCc1ccccc1)NC(=O)[C@H](COCc1ccccc1)NC(=O)CCCCCCCCCN=[N+]=[N-]. The van der Waals surface area contributed by atoms with Gasteiger partial charge in [-0.1, -0.05) is 112 Å². The van der Waals surface area contributed by atoms with E-state index in [1.54, 1.807) is 0 Å². The normalized spacial score (nSPS) is 12.4. The third kappa shape index (κ3) is 21.7. The van der Waals surface area contributed by atoms with Gasteiger partial charge in [0.2, 0.25) is 17.7 Å². The van der Waals surface area contributed by atoms with E-state index < -0.39 is 42.0 Å². The summed E-state index contributed by atoms with van der Waals surface area (Å²) < 4.78 is 16.1. The second-order valence-electron chi connectivity index (χ2n) is 14.1. The molecule has 0 heterocycles. The van der Waals surface area contributed by atoms with Crippen LogP contribution in [0, 0.1) is 5.92 Å². The van der Waals surface area contributed by atoms with Crippen molar-refractivity contribution in [2.24, 2.45) is 11.0 Å². The van der Waals surface area contributed by atoms with Crippen molar-refractivity contribution in [2.75, 3.05) is 26.8 Å². The van der Waals surface area contributed by atoms with Gasteiger partial charge in [0.15, 0.2) is 0 Å². The topological polar surface area (TPSA) is 210 Å². The summed E-state index contributed by atoms with van der Waals surface area (Å²) in [7, 11) is 1.25. The Labute approximate surface area is 331 Å². The maximum atomic E-state index is 13.8. The first-order valence-electron chi connectivity index (χ1n) is 19.7. The van der Waals surface area contributed by atoms with Crippen molar-refractivity contribution in [1.29, 1.82) is 0 Å². The molecular weight excluding hydrogens is 718 g/mol. The molecule has 15 nitrogen and oxygen atoms in total. The van der Waals surface area contributed by atoms with Crippen LogP contribution in [0.25, 0.3) is 10.4 Å². The number of ether oxygens (including phenoxy) is 3. The van der Waals surface area contributed by atoms with Crippen LogP contribution in [-0.2, 0) is 46.6 Å². The van der Waals surface area contributed by atoms with Crippen molar-refractivity contribution in [2.45, 2.75) is 122 Å². The van der Waals surface area contributed by atoms with Gasteiger partial charge in [-0.3, -0.25) is 14.4 Å². The highest BCUT2D eigenvalue weighted by molar-refractivity contribution is 5.93. The fraction of sp³-hybridized carbons (Fsp3) is 0.585. The molecule has 56 heavy (non-hydrogen) atoms. The van der Waals surface area contributed by atoms with Crippen LogP contribution < -0.4 is 21.3 Å². The van der Waals surface area contributed by atoms with Gasteiger partial charge < -0.3 is 35.5 Å². The summed E-state index contributed by atoms with van der Waals surface area (Å²) in [4.78, 5) is 68.1. The molecule has 2 rings (SSSR count). The Morgan fingerprint density at radius 3 is 1.93 bits per heavy atom. The minimum absolute atomic E-state index is 0.0666. The number of rotatable bonds is 29. The molecule has 4 amide bonds. The van der Waals surface area contributed by atoms with Crippen molar-refractivity contribution < 1.29 is 38.2 Å². The van der Waals surface area contributed by atoms with E-state index in [9.17, 15) is 24.0 Å². The number of carbonyl (C=O) groups excluding carboxylic acids is 5. The van der Waals surface area contributed by atoms with Crippen molar-refractivity contribution in [3.63, 3.8) is 0 Å². The lowest BCUT2D eigenvalue weighted by molar-refractivity contribution is -0.146. The van der Waals surface area contributed by atoms with Crippen molar-refractivity contribution in [3.05, 3.63) is 82.2 Å². The number of unbranched alkanes of at least 4 members (excludes halogenated alkanes) is 7. The van der Waals surface area contributed by atoms with E-state index in [2.05, 4.69) is 31.3 Å². The predicted molar refractivity (Wildman–Crippen MR) is 213 cm³/mol. The Balaban J connectivity index is 2.04. The zero-order chi connectivity index (χ0) is 40.8. The predicted octanol–water partition coefficient (Wildman–Crippen LogP) is 6.40. The third-order valence-electron chi connectivity index (χ3n) is 8.82. The summed E-state index contributed by atoms with van der Waals surface area (Å²) in [6.45, 7) is 4.82. The van der Waals surface area contributed by atoms with Gasteiger partial charge in [-0.2, -0.15) is 0 Å². The molecule has 0 radical (unpaired) electrons. The summed E-state index contributed by atoms with van der Waals surface area (Å²) in [5.41, 5.74) is 10.1. The summed E-state index contributed by atoms with van der Waals surface area (Å²) in [6.07, 6.45) is 7.42. The molecule has 0 bridgehead atoms. The van der Waals surface area contributed by atoms with Gasteiger partial charge in [0.25, 0.3) is 0 Å². The fourth-order valence-corrected chi connectivity index (χ4v) is 5.79. The number of hydrogen-bond acceptors (Lipinski definition) is 9. The van der Waals surface area contributed by atoms with Gasteiger partial charge in [-0.15, -0.1) is 0 Å². The number of nitrogens with zero attached hydrogens (tertiary/aromatic N) is 3. The largest absolute Gasteiger partial charge is 0.467 e. The lowest BCUT2D eigenvalue weighted by Crippen LogP contribution is -2.57. The Bertz CT molecular complexity index is 1490. The zero-order valence-corrected chi connectivity index (χ0v) is 33.2. The Hall–Kier alpha value is -5.14. The monoisotopic (exact) mass is 779 g/mol. The third-order valence-corrected chi connectivity index (χ3v) is 8.82. The van der Waals surface area contributed by atoms with E-state index in [0.717, 1.165) is 49.7 Å². The number of nitrogens with one attached hydrogen (secondary N) is 4. The van der Waals surface area contributed by atoms with Crippen molar-refractivity contribution >= 4 is 29.8 Å². The highest BCUT2D eigenvalue weighted by Crippen LogP contribution is 2.11. The van der Waals surface area contributed by atoms with E-state index in [1.165, 1.54) is 7.11 Å². The lowest BCUT2D eigenvalue weighted by atomic mass is 10.0. The van der Waals surface area contributed by atoms with Gasteiger partial charge >= 0.3 is 12.1 Å². The van der Waals surface area contributed by atoms with Gasteiger partial charge in [-0.05, 0) is 61.1 Å². The molecule has 3 atom stereocenters. The lowest BCUT2D eigenvalue weighted by Gasteiger charge is -2.25. The smallest absolute Gasteiger partial charge is 0.407 e. The van der Waals surface area contributed by atoms with E-state index in [4.69, 9.17) is 19.7 Å². The van der Waals surface area contributed by atoms with Crippen LogP contribution in [-0.4, -0.2) is 74.7 Å². The highest BCUT2D eigenvalue weighted by Gasteiger charge is 2.30. The molecule has 0 aliphatic rings. The van der Waals surface area contributed by atoms with Crippen LogP contribution in [0.3, 0.4) is 0 Å². The molecule has 0 unspecified atom stereocenters. The van der Waals surface area contributed by atoms with Crippen LogP contribution in [0.2, 0.25) is 0 Å². The minimum Gasteiger partial charge on any atom is -0.467 e. The van der Waals surface area contributed by atoms with Crippen LogP contribution in [0.15, 0.2) is 65.8 Å². The minimum atomic E-state index is -1.09. The van der Waals surface area contributed by atoms with Gasteiger partial charge in [-0.25, -0.2) is 9.59 Å². The summed E-state index contributed by atoms with van der Waals surface area (Å²) in [5.74, 6) is -2.01. The second kappa shape index (κ2) is 29.2. The van der Waals surface area contributed by atoms with Gasteiger partial charge in [0, 0.05) is 24.4 Å². The first-order chi connectivity index (χ1) is 27.1. The zero-order valence-electron chi connectivity index (χ0n) is 33.2. The number of alkyl carbamates (subject to hydrolysis) is 1. The maximum absolute atomic E-state index is 13.8. The summed E-state index contributed by atoms with van der Waals surface area (Å²) >= 11 is 0. The average Bonchev–Trinajstić information content (AvgIpc) is 3.19. The van der Waals surface area contributed by atoms with Crippen LogP contribution in [0.1, 0.15) is 102 Å². The quantitative estimate of drug-likeness (QED) is 0.0238. The first-order valence-corrected chi connectivity index (χ1v) is 19.7. The summed E-state index contributed by atoms with van der Waals surface area (Å²) in [6, 6.07) is 15.6. The molecule has 0 aliphatic carbocycles. The Morgan fingerprint density at radius 1 is 0.714 bits per heavy atom. The molecule has 15 heteroatoms. The molecule has 0 aliphatic heterocycles. The molecule has 4 N–H and O–H groups in total. The molecule has 0 saturated carbocycles. The Kier molecular flexibility index (Phi) is 24.5. The number of azide groups is 1. The molecule has 0 aromatic heterocycles. The molecule has 308 valence electrons. The highest BCUT2D eigenvalue weighted by atomic mass is 16.5. The van der Waals surface area contributed by atoms with Gasteiger partial charge in [0.1, 0.15) is 24.7 Å². The number of benzene rings is 2. The number of amides is 4. The number of carbonyl (C=O) groups is 5. The first kappa shape index (κ1) is 47.0. The Morgan fingerprint density at radius 2 is 1.30 bits per heavy atom. The van der Waals surface area contributed by atoms with Crippen molar-refractivity contribution in [3.8, 4) is 0 Å². The molecule has 0 fully saturated rings. The average molecular weight is 780 g/mol. The number of hydrogen-bond donors (Lipinski definition) is 4. The standard InChI is InChI=1S/C41H61N7O8/c1-31(2)27-35(40(52)54-3)47-38(50)34(23-16-18-25-43-41(53)56-29-33-21-13-10-14-22-33)46-39(51)36(30-55-28-32-19-11-9-12-20-32)45-37(49)24-15-7-5-4-6-8-17-26-44-48-42/h9-14,19-22,31,34-36H,4-8,15-18,23-30H2,1-3H3,(H,43,53)(H,45,49)(H,46,51)(H,47,50)/t34-,35-,36-/m0/s1. The molecule has 0 spiro atoms.